The van der Waals surface area contributed by atoms with Crippen molar-refractivity contribution in [1.29, 1.82) is 0 Å². The van der Waals surface area contributed by atoms with Crippen molar-refractivity contribution in [3.63, 3.8) is 0 Å². The Morgan fingerprint density at radius 3 is 2.20 bits per heavy atom. The largest absolute Gasteiger partial charge is 0.416 e. The van der Waals surface area contributed by atoms with Gasteiger partial charge in [0.25, 0.3) is 0 Å². The van der Waals surface area contributed by atoms with Crippen LogP contribution in [0.4, 0.5) is 26.3 Å². The zero-order valence-electron chi connectivity index (χ0n) is 10.2. The van der Waals surface area contributed by atoms with E-state index in [0.29, 0.717) is 4.47 Å². The standard InChI is InChI=1S/C12H12BrF6N/c13-9-4-3-7(12(17,18)19)6-8(9)10(20)2-1-5-11(14,15)16/h3-4,6,10H,1-2,5,20H2. The second kappa shape index (κ2) is 6.34. The van der Waals surface area contributed by atoms with Gasteiger partial charge in [-0.1, -0.05) is 15.9 Å². The molecule has 1 unspecified atom stereocenters. The van der Waals surface area contributed by atoms with Gasteiger partial charge < -0.3 is 5.73 Å². The monoisotopic (exact) mass is 363 g/mol. The van der Waals surface area contributed by atoms with Crippen LogP contribution >= 0.6 is 15.9 Å². The molecule has 0 aromatic heterocycles. The van der Waals surface area contributed by atoms with E-state index in [-0.39, 0.29) is 18.4 Å². The average molecular weight is 364 g/mol. The number of hydrogen-bond acceptors (Lipinski definition) is 1. The Morgan fingerprint density at radius 2 is 1.70 bits per heavy atom. The normalized spacial score (nSPS) is 14.4. The molecule has 114 valence electrons. The van der Waals surface area contributed by atoms with E-state index >= 15 is 0 Å². The molecule has 0 spiro atoms. The van der Waals surface area contributed by atoms with Crippen LogP contribution in [0.1, 0.15) is 36.4 Å². The second-order valence-electron chi connectivity index (χ2n) is 4.35. The molecule has 8 heteroatoms. The lowest BCUT2D eigenvalue weighted by Gasteiger charge is -2.17. The maximum absolute atomic E-state index is 12.6. The number of alkyl halides is 6. The van der Waals surface area contributed by atoms with Crippen LogP contribution in [0.15, 0.2) is 22.7 Å². The third-order valence-corrected chi connectivity index (χ3v) is 3.42. The molecule has 1 nitrogen and oxygen atoms in total. The molecule has 0 amide bonds. The van der Waals surface area contributed by atoms with E-state index in [2.05, 4.69) is 15.9 Å². The smallest absolute Gasteiger partial charge is 0.324 e. The van der Waals surface area contributed by atoms with Gasteiger partial charge in [-0.25, -0.2) is 0 Å². The fraction of sp³-hybridized carbons (Fsp3) is 0.500. The Labute approximate surface area is 120 Å². The van der Waals surface area contributed by atoms with E-state index in [4.69, 9.17) is 5.73 Å². The van der Waals surface area contributed by atoms with E-state index in [9.17, 15) is 26.3 Å². The van der Waals surface area contributed by atoms with Gasteiger partial charge >= 0.3 is 12.4 Å². The zero-order chi connectivity index (χ0) is 15.6. The summed E-state index contributed by atoms with van der Waals surface area (Å²) in [5.74, 6) is 0. The summed E-state index contributed by atoms with van der Waals surface area (Å²) >= 11 is 3.06. The molecule has 0 fully saturated rings. The highest BCUT2D eigenvalue weighted by Crippen LogP contribution is 2.35. The first-order valence-corrected chi connectivity index (χ1v) is 6.49. The third kappa shape index (κ3) is 5.32. The minimum absolute atomic E-state index is 0.0422. The zero-order valence-corrected chi connectivity index (χ0v) is 11.7. The summed E-state index contributed by atoms with van der Waals surface area (Å²) in [6.07, 6.45) is -10.1. The van der Waals surface area contributed by atoms with Gasteiger partial charge in [0.05, 0.1) is 5.56 Å². The van der Waals surface area contributed by atoms with E-state index < -0.39 is 30.4 Å². The summed E-state index contributed by atoms with van der Waals surface area (Å²) < 4.78 is 74.1. The van der Waals surface area contributed by atoms with Crippen LogP contribution in [0, 0.1) is 0 Å². The highest BCUT2D eigenvalue weighted by molar-refractivity contribution is 9.10. The molecule has 0 aliphatic rings. The highest BCUT2D eigenvalue weighted by atomic mass is 79.9. The van der Waals surface area contributed by atoms with Crippen molar-refractivity contribution in [2.75, 3.05) is 0 Å². The first kappa shape index (κ1) is 17.3. The van der Waals surface area contributed by atoms with E-state index in [1.807, 2.05) is 0 Å². The van der Waals surface area contributed by atoms with Crippen LogP contribution in [0.25, 0.3) is 0 Å². The minimum Gasteiger partial charge on any atom is -0.324 e. The summed E-state index contributed by atoms with van der Waals surface area (Å²) in [5.41, 5.74) is 4.95. The molecule has 1 aromatic rings. The molecule has 0 aliphatic carbocycles. The van der Waals surface area contributed by atoms with E-state index in [1.54, 1.807) is 0 Å². The van der Waals surface area contributed by atoms with Gasteiger partial charge in [-0.15, -0.1) is 0 Å². The molecule has 1 atom stereocenters. The molecule has 1 rings (SSSR count). The lowest BCUT2D eigenvalue weighted by molar-refractivity contribution is -0.137. The van der Waals surface area contributed by atoms with Crippen LogP contribution in [0.2, 0.25) is 0 Å². The molecular formula is C12H12BrF6N. The fourth-order valence-corrected chi connectivity index (χ4v) is 2.22. The molecule has 20 heavy (non-hydrogen) atoms. The fourth-order valence-electron chi connectivity index (χ4n) is 1.68. The molecule has 0 bridgehead atoms. The van der Waals surface area contributed by atoms with Gasteiger partial charge in [-0.2, -0.15) is 26.3 Å². The predicted molar refractivity (Wildman–Crippen MR) is 66.0 cm³/mol. The lowest BCUT2D eigenvalue weighted by atomic mass is 9.99. The molecule has 0 aliphatic heterocycles. The third-order valence-electron chi connectivity index (χ3n) is 2.70. The number of hydrogen-bond donors (Lipinski definition) is 1. The molecule has 0 radical (unpaired) electrons. The summed E-state index contributed by atoms with van der Waals surface area (Å²) in [6, 6.07) is 2.06. The van der Waals surface area contributed by atoms with Crippen molar-refractivity contribution >= 4 is 15.9 Å². The molecule has 1 aromatic carbocycles. The Bertz CT molecular complexity index is 454. The predicted octanol–water partition coefficient (Wildman–Crippen LogP) is 5.20. The quantitative estimate of drug-likeness (QED) is 0.731. The van der Waals surface area contributed by atoms with Crippen LogP contribution < -0.4 is 5.73 Å². The highest BCUT2D eigenvalue weighted by Gasteiger charge is 2.31. The van der Waals surface area contributed by atoms with Gasteiger partial charge in [-0.05, 0) is 36.6 Å². The summed E-state index contributed by atoms with van der Waals surface area (Å²) in [6.45, 7) is 0. The van der Waals surface area contributed by atoms with Crippen LogP contribution in [0.3, 0.4) is 0 Å². The SMILES string of the molecule is NC(CCCC(F)(F)F)c1cc(C(F)(F)F)ccc1Br. The van der Waals surface area contributed by atoms with Gasteiger partial charge in [0.2, 0.25) is 0 Å². The number of nitrogens with two attached hydrogens (primary N) is 1. The van der Waals surface area contributed by atoms with Crippen molar-refractivity contribution in [3.05, 3.63) is 33.8 Å². The maximum atomic E-state index is 12.6. The van der Waals surface area contributed by atoms with Gasteiger partial charge in [0.15, 0.2) is 0 Å². The summed E-state index contributed by atoms with van der Waals surface area (Å²) in [4.78, 5) is 0. The summed E-state index contributed by atoms with van der Waals surface area (Å²) in [7, 11) is 0. The molecule has 2 N–H and O–H groups in total. The van der Waals surface area contributed by atoms with E-state index in [0.717, 1.165) is 12.1 Å². The van der Waals surface area contributed by atoms with Gasteiger partial charge in [0, 0.05) is 16.9 Å². The molecule has 0 saturated carbocycles. The van der Waals surface area contributed by atoms with Crippen molar-refractivity contribution < 1.29 is 26.3 Å². The topological polar surface area (TPSA) is 26.0 Å². The lowest BCUT2D eigenvalue weighted by Crippen LogP contribution is -2.15. The van der Waals surface area contributed by atoms with Crippen molar-refractivity contribution in [2.24, 2.45) is 5.73 Å². The van der Waals surface area contributed by atoms with Gasteiger partial charge in [0.1, 0.15) is 0 Å². The Hall–Kier alpha value is -0.760. The Morgan fingerprint density at radius 1 is 1.10 bits per heavy atom. The summed E-state index contributed by atoms with van der Waals surface area (Å²) in [5, 5.41) is 0. The number of benzene rings is 1. The van der Waals surface area contributed by atoms with Crippen molar-refractivity contribution in [2.45, 2.75) is 37.7 Å². The van der Waals surface area contributed by atoms with Crippen LogP contribution in [0.5, 0.6) is 0 Å². The van der Waals surface area contributed by atoms with Crippen molar-refractivity contribution in [3.8, 4) is 0 Å². The average Bonchev–Trinajstić information content (AvgIpc) is 2.25. The minimum atomic E-state index is -4.51. The molecular weight excluding hydrogens is 352 g/mol. The Balaban J connectivity index is 2.79. The van der Waals surface area contributed by atoms with Crippen LogP contribution in [-0.4, -0.2) is 6.18 Å². The van der Waals surface area contributed by atoms with Crippen molar-refractivity contribution in [1.82, 2.24) is 0 Å². The Kier molecular flexibility index (Phi) is 5.48. The number of halogens is 7. The first-order valence-electron chi connectivity index (χ1n) is 5.69. The van der Waals surface area contributed by atoms with Crippen LogP contribution in [-0.2, 0) is 6.18 Å². The second-order valence-corrected chi connectivity index (χ2v) is 5.20. The maximum Gasteiger partial charge on any atom is 0.416 e. The van der Waals surface area contributed by atoms with Gasteiger partial charge in [-0.3, -0.25) is 0 Å². The van der Waals surface area contributed by atoms with E-state index in [1.165, 1.54) is 6.07 Å². The number of rotatable bonds is 4. The molecule has 0 heterocycles. The first-order chi connectivity index (χ1) is 9.00. The molecule has 0 saturated heterocycles.